The van der Waals surface area contributed by atoms with E-state index < -0.39 is 17.8 Å². The Bertz CT molecular complexity index is 640. The number of rotatable bonds is 4. The number of fused-ring (bicyclic) bond motifs is 2. The van der Waals surface area contributed by atoms with Gasteiger partial charge in [-0.3, -0.25) is 14.4 Å². The highest BCUT2D eigenvalue weighted by Gasteiger charge is 2.53. The van der Waals surface area contributed by atoms with Crippen LogP contribution in [-0.4, -0.2) is 22.9 Å². The summed E-state index contributed by atoms with van der Waals surface area (Å²) in [7, 11) is 0. The fraction of sp³-hybridized carbons (Fsp3) is 0.471. The molecule has 0 radical (unpaired) electrons. The van der Waals surface area contributed by atoms with Crippen LogP contribution in [0.5, 0.6) is 0 Å². The molecule has 23 heavy (non-hydrogen) atoms. The number of hydrogen-bond donors (Lipinski definition) is 3. The molecule has 6 nitrogen and oxygen atoms in total. The molecule has 0 spiro atoms. The summed E-state index contributed by atoms with van der Waals surface area (Å²) in [6.07, 6.45) is 2.70. The Morgan fingerprint density at radius 3 is 2.00 bits per heavy atom. The minimum Gasteiger partial charge on any atom is -0.481 e. The van der Waals surface area contributed by atoms with Gasteiger partial charge in [-0.1, -0.05) is 0 Å². The molecule has 6 heteroatoms. The molecule has 4 atom stereocenters. The molecular formula is C17H20N2O4. The SMILES string of the molecule is CC(=O)Nc1ccc(NC(=O)[C@@H]2[C@@H]3CC[C@H](C3)[C@@H]2C(=O)O)cc1. The van der Waals surface area contributed by atoms with Gasteiger partial charge in [0.25, 0.3) is 0 Å². The van der Waals surface area contributed by atoms with Crippen LogP contribution in [0.15, 0.2) is 24.3 Å². The molecule has 2 bridgehead atoms. The Balaban J connectivity index is 1.69. The van der Waals surface area contributed by atoms with Gasteiger partial charge >= 0.3 is 5.97 Å². The van der Waals surface area contributed by atoms with E-state index in [-0.39, 0.29) is 23.7 Å². The smallest absolute Gasteiger partial charge is 0.307 e. The van der Waals surface area contributed by atoms with E-state index in [4.69, 9.17) is 0 Å². The molecular weight excluding hydrogens is 296 g/mol. The lowest BCUT2D eigenvalue weighted by molar-refractivity contribution is -0.148. The van der Waals surface area contributed by atoms with E-state index in [0.29, 0.717) is 11.4 Å². The van der Waals surface area contributed by atoms with E-state index in [1.807, 2.05) is 0 Å². The average Bonchev–Trinajstić information content (AvgIpc) is 3.09. The summed E-state index contributed by atoms with van der Waals surface area (Å²) in [5, 5.41) is 14.9. The average molecular weight is 316 g/mol. The molecule has 3 rings (SSSR count). The lowest BCUT2D eigenvalue weighted by Gasteiger charge is -2.27. The van der Waals surface area contributed by atoms with Crippen molar-refractivity contribution in [1.82, 2.24) is 0 Å². The molecule has 2 aliphatic rings. The topological polar surface area (TPSA) is 95.5 Å². The van der Waals surface area contributed by atoms with Crippen molar-refractivity contribution < 1.29 is 19.5 Å². The van der Waals surface area contributed by atoms with E-state index in [9.17, 15) is 19.5 Å². The van der Waals surface area contributed by atoms with Crippen LogP contribution in [0, 0.1) is 23.7 Å². The van der Waals surface area contributed by atoms with Gasteiger partial charge < -0.3 is 15.7 Å². The summed E-state index contributed by atoms with van der Waals surface area (Å²) in [6.45, 7) is 1.43. The Hall–Kier alpha value is -2.37. The lowest BCUT2D eigenvalue weighted by Crippen LogP contribution is -2.37. The molecule has 1 aromatic rings. The van der Waals surface area contributed by atoms with Crippen molar-refractivity contribution >= 4 is 29.2 Å². The largest absolute Gasteiger partial charge is 0.481 e. The van der Waals surface area contributed by atoms with Crippen LogP contribution >= 0.6 is 0 Å². The zero-order chi connectivity index (χ0) is 16.6. The van der Waals surface area contributed by atoms with Crippen LogP contribution in [-0.2, 0) is 14.4 Å². The quantitative estimate of drug-likeness (QED) is 0.794. The summed E-state index contributed by atoms with van der Waals surface area (Å²) in [5.41, 5.74) is 1.26. The van der Waals surface area contributed by atoms with Crippen molar-refractivity contribution in [3.05, 3.63) is 24.3 Å². The van der Waals surface area contributed by atoms with Gasteiger partial charge in [0.1, 0.15) is 0 Å². The van der Waals surface area contributed by atoms with E-state index in [1.54, 1.807) is 24.3 Å². The summed E-state index contributed by atoms with van der Waals surface area (Å²) >= 11 is 0. The predicted molar refractivity (Wildman–Crippen MR) is 84.8 cm³/mol. The molecule has 122 valence electrons. The number of aliphatic carboxylic acids is 1. The van der Waals surface area contributed by atoms with Crippen LogP contribution in [0.1, 0.15) is 26.2 Å². The number of anilines is 2. The van der Waals surface area contributed by atoms with Crippen molar-refractivity contribution in [2.24, 2.45) is 23.7 Å². The minimum absolute atomic E-state index is 0.135. The highest BCUT2D eigenvalue weighted by atomic mass is 16.4. The maximum absolute atomic E-state index is 12.5. The third-order valence-corrected chi connectivity index (χ3v) is 4.98. The molecule has 1 aromatic carbocycles. The highest BCUT2D eigenvalue weighted by Crippen LogP contribution is 2.52. The van der Waals surface area contributed by atoms with E-state index in [0.717, 1.165) is 19.3 Å². The third kappa shape index (κ3) is 3.06. The zero-order valence-corrected chi connectivity index (χ0v) is 12.9. The molecule has 0 aromatic heterocycles. The summed E-state index contributed by atoms with van der Waals surface area (Å²) in [6, 6.07) is 6.80. The van der Waals surface area contributed by atoms with E-state index in [2.05, 4.69) is 10.6 Å². The summed E-state index contributed by atoms with van der Waals surface area (Å²) in [4.78, 5) is 35.0. The van der Waals surface area contributed by atoms with Gasteiger partial charge in [-0.2, -0.15) is 0 Å². The van der Waals surface area contributed by atoms with Crippen molar-refractivity contribution in [2.75, 3.05) is 10.6 Å². The molecule has 3 N–H and O–H groups in total. The number of nitrogens with one attached hydrogen (secondary N) is 2. The van der Waals surface area contributed by atoms with E-state index >= 15 is 0 Å². The van der Waals surface area contributed by atoms with Gasteiger partial charge in [-0.05, 0) is 55.4 Å². The van der Waals surface area contributed by atoms with Crippen molar-refractivity contribution in [2.45, 2.75) is 26.2 Å². The second-order valence-electron chi connectivity index (χ2n) is 6.47. The summed E-state index contributed by atoms with van der Waals surface area (Å²) in [5.74, 6) is -1.92. The number of carboxylic acid groups (broad SMARTS) is 1. The first-order valence-electron chi connectivity index (χ1n) is 7.87. The second-order valence-corrected chi connectivity index (χ2v) is 6.47. The van der Waals surface area contributed by atoms with Gasteiger partial charge in [-0.15, -0.1) is 0 Å². The molecule has 0 saturated heterocycles. The van der Waals surface area contributed by atoms with Crippen molar-refractivity contribution in [1.29, 1.82) is 0 Å². The molecule has 2 fully saturated rings. The van der Waals surface area contributed by atoms with Crippen LogP contribution in [0.4, 0.5) is 11.4 Å². The number of carbonyl (C=O) groups excluding carboxylic acids is 2. The molecule has 2 aliphatic carbocycles. The lowest BCUT2D eigenvalue weighted by atomic mass is 9.78. The fourth-order valence-corrected chi connectivity index (χ4v) is 4.09. The number of carbonyl (C=O) groups is 3. The number of carboxylic acids is 1. The fourth-order valence-electron chi connectivity index (χ4n) is 4.09. The first-order valence-corrected chi connectivity index (χ1v) is 7.87. The Kier molecular flexibility index (Phi) is 4.07. The molecule has 2 saturated carbocycles. The van der Waals surface area contributed by atoms with Crippen molar-refractivity contribution in [3.8, 4) is 0 Å². The number of amides is 2. The van der Waals surface area contributed by atoms with Gasteiger partial charge in [0, 0.05) is 18.3 Å². The van der Waals surface area contributed by atoms with Crippen LogP contribution in [0.2, 0.25) is 0 Å². The number of benzene rings is 1. The second kappa shape index (κ2) is 6.02. The van der Waals surface area contributed by atoms with Gasteiger partial charge in [0.05, 0.1) is 11.8 Å². The van der Waals surface area contributed by atoms with Gasteiger partial charge in [0.2, 0.25) is 11.8 Å². The molecule has 0 aliphatic heterocycles. The monoisotopic (exact) mass is 316 g/mol. The van der Waals surface area contributed by atoms with Crippen LogP contribution < -0.4 is 10.6 Å². The maximum atomic E-state index is 12.5. The predicted octanol–water partition coefficient (Wildman–Crippen LogP) is 2.33. The van der Waals surface area contributed by atoms with Crippen LogP contribution in [0.3, 0.4) is 0 Å². The zero-order valence-electron chi connectivity index (χ0n) is 12.9. The van der Waals surface area contributed by atoms with Gasteiger partial charge in [-0.25, -0.2) is 0 Å². The Labute approximate surface area is 134 Å². The minimum atomic E-state index is -0.863. The first kappa shape index (κ1) is 15.5. The Morgan fingerprint density at radius 2 is 1.48 bits per heavy atom. The van der Waals surface area contributed by atoms with Gasteiger partial charge in [0.15, 0.2) is 0 Å². The van der Waals surface area contributed by atoms with Crippen LogP contribution in [0.25, 0.3) is 0 Å². The highest BCUT2D eigenvalue weighted by molar-refractivity contribution is 5.96. The maximum Gasteiger partial charge on any atom is 0.307 e. The van der Waals surface area contributed by atoms with E-state index in [1.165, 1.54) is 6.92 Å². The molecule has 2 amide bonds. The standard InChI is InChI=1S/C17H20N2O4/c1-9(20)18-12-4-6-13(7-5-12)19-16(21)14-10-2-3-11(8-10)15(14)17(22)23/h4-7,10-11,14-15H,2-3,8H2,1H3,(H,18,20)(H,19,21)(H,22,23)/t10-,11-,14-,15+/m1/s1. The Morgan fingerprint density at radius 1 is 0.957 bits per heavy atom. The first-order chi connectivity index (χ1) is 11.0. The molecule has 0 heterocycles. The van der Waals surface area contributed by atoms with Crippen molar-refractivity contribution in [3.63, 3.8) is 0 Å². The third-order valence-electron chi connectivity index (χ3n) is 4.98. The summed E-state index contributed by atoms with van der Waals surface area (Å²) < 4.78 is 0. The molecule has 0 unspecified atom stereocenters. The number of hydrogen-bond acceptors (Lipinski definition) is 3. The normalized spacial score (nSPS) is 28.4.